The molecular weight excluding hydrogens is 430 g/mol. The van der Waals surface area contributed by atoms with E-state index in [1.54, 1.807) is 13.0 Å². The first-order chi connectivity index (χ1) is 15.6. The van der Waals surface area contributed by atoms with Crippen LogP contribution in [0.3, 0.4) is 0 Å². The van der Waals surface area contributed by atoms with E-state index in [-0.39, 0.29) is 12.2 Å². The summed E-state index contributed by atoms with van der Waals surface area (Å²) >= 11 is 1.39. The third-order valence-corrected chi connectivity index (χ3v) is 6.67. The number of anilines is 2. The number of fused-ring (bicyclic) bond motifs is 1. The van der Waals surface area contributed by atoms with Crippen LogP contribution in [0.15, 0.2) is 22.1 Å². The molecule has 2 aliphatic rings. The third kappa shape index (κ3) is 4.71. The van der Waals surface area contributed by atoms with Crippen LogP contribution in [0.1, 0.15) is 46.3 Å². The lowest BCUT2D eigenvalue weighted by Crippen LogP contribution is -2.35. The number of esters is 1. The Hall–Kier alpha value is -3.09. The average molecular weight is 456 g/mol. The topological polar surface area (TPSA) is 105 Å². The maximum absolute atomic E-state index is 12.9. The Morgan fingerprint density at radius 2 is 2.06 bits per heavy atom. The van der Waals surface area contributed by atoms with E-state index < -0.39 is 11.9 Å². The molecule has 3 heterocycles. The molecule has 0 saturated carbocycles. The first kappa shape index (κ1) is 22.1. The second-order valence-corrected chi connectivity index (χ2v) is 8.64. The third-order valence-electron chi connectivity index (χ3n) is 5.46. The summed E-state index contributed by atoms with van der Waals surface area (Å²) in [6, 6.07) is 5.48. The molecule has 9 heteroatoms. The molecular formula is C23H25N3O5S. The molecule has 1 amide bonds. The van der Waals surface area contributed by atoms with Gasteiger partial charge in [0.1, 0.15) is 22.4 Å². The first-order valence-corrected chi connectivity index (χ1v) is 11.6. The zero-order valence-corrected chi connectivity index (χ0v) is 18.8. The number of ether oxygens (including phenoxy) is 2. The van der Waals surface area contributed by atoms with Gasteiger partial charge < -0.3 is 24.1 Å². The highest BCUT2D eigenvalue weighted by Crippen LogP contribution is 2.38. The lowest BCUT2D eigenvalue weighted by Gasteiger charge is -2.26. The number of thiophene rings is 1. The fourth-order valence-corrected chi connectivity index (χ4v) is 5.18. The molecule has 2 aromatic heterocycles. The van der Waals surface area contributed by atoms with Gasteiger partial charge in [-0.2, -0.15) is 5.26 Å². The van der Waals surface area contributed by atoms with E-state index in [9.17, 15) is 14.9 Å². The fraction of sp³-hybridized carbons (Fsp3) is 0.435. The number of hydrogen-bond donors (Lipinski definition) is 1. The van der Waals surface area contributed by atoms with Crippen molar-refractivity contribution in [2.45, 2.75) is 32.6 Å². The zero-order chi connectivity index (χ0) is 22.5. The minimum atomic E-state index is -0.582. The summed E-state index contributed by atoms with van der Waals surface area (Å²) < 4.78 is 16.4. The van der Waals surface area contributed by atoms with Crippen molar-refractivity contribution in [3.05, 3.63) is 39.5 Å². The summed E-state index contributed by atoms with van der Waals surface area (Å²) in [5.41, 5.74) is 1.28. The van der Waals surface area contributed by atoms with Crippen LogP contribution < -0.4 is 10.2 Å². The highest BCUT2D eigenvalue weighted by Gasteiger charge is 2.28. The summed E-state index contributed by atoms with van der Waals surface area (Å²) in [5.74, 6) is 0.0638. The smallest absolute Gasteiger partial charge is 0.341 e. The molecule has 0 spiro atoms. The van der Waals surface area contributed by atoms with E-state index in [4.69, 9.17) is 13.9 Å². The van der Waals surface area contributed by atoms with Crippen molar-refractivity contribution in [3.8, 4) is 6.07 Å². The minimum absolute atomic E-state index is 0.103. The molecule has 1 aliphatic carbocycles. The van der Waals surface area contributed by atoms with Crippen LogP contribution in [-0.4, -0.2) is 44.8 Å². The molecule has 1 saturated heterocycles. The normalized spacial score (nSPS) is 16.2. The van der Waals surface area contributed by atoms with Gasteiger partial charge in [0.05, 0.1) is 25.4 Å². The van der Waals surface area contributed by atoms with Crippen LogP contribution in [0.2, 0.25) is 0 Å². The highest BCUT2D eigenvalue weighted by atomic mass is 32.1. The van der Waals surface area contributed by atoms with E-state index >= 15 is 0 Å². The van der Waals surface area contributed by atoms with E-state index in [0.29, 0.717) is 35.4 Å². The van der Waals surface area contributed by atoms with Crippen molar-refractivity contribution in [1.82, 2.24) is 0 Å². The second-order valence-electron chi connectivity index (χ2n) is 7.53. The van der Waals surface area contributed by atoms with Gasteiger partial charge in [-0.05, 0) is 44.2 Å². The Kier molecular flexibility index (Phi) is 6.93. The number of morpholine rings is 1. The Morgan fingerprint density at radius 1 is 1.28 bits per heavy atom. The Balaban J connectivity index is 1.55. The number of nitrogens with zero attached hydrogens (tertiary/aromatic N) is 2. The standard InChI is InChI=1S/C23H25N3O5S/c1-2-30-23(28)20-17-5-3-4-6-18(17)32-22(20)25-21(27)15(14-24)13-16-7-8-19(31-16)26-9-11-29-12-10-26/h7-8,13H,2-6,9-12H2,1H3,(H,25,27)/b15-13+. The summed E-state index contributed by atoms with van der Waals surface area (Å²) in [5, 5.41) is 12.8. The first-order valence-electron chi connectivity index (χ1n) is 10.8. The van der Waals surface area contributed by atoms with Crippen molar-refractivity contribution < 1.29 is 23.5 Å². The van der Waals surface area contributed by atoms with Gasteiger partial charge in [0.15, 0.2) is 5.88 Å². The van der Waals surface area contributed by atoms with Gasteiger partial charge in [-0.15, -0.1) is 11.3 Å². The molecule has 0 radical (unpaired) electrons. The van der Waals surface area contributed by atoms with Crippen LogP contribution in [0.4, 0.5) is 10.9 Å². The van der Waals surface area contributed by atoms with Crippen molar-refractivity contribution >= 4 is 40.2 Å². The minimum Gasteiger partial charge on any atom is -0.462 e. The lowest BCUT2D eigenvalue weighted by atomic mass is 9.95. The quantitative estimate of drug-likeness (QED) is 0.401. The Labute approximate surface area is 190 Å². The van der Waals surface area contributed by atoms with Crippen LogP contribution in [-0.2, 0) is 27.1 Å². The van der Waals surface area contributed by atoms with Gasteiger partial charge in [0, 0.05) is 30.1 Å². The maximum atomic E-state index is 12.9. The fourth-order valence-electron chi connectivity index (χ4n) is 3.91. The van der Waals surface area contributed by atoms with Gasteiger partial charge in [-0.25, -0.2) is 4.79 Å². The molecule has 1 fully saturated rings. The molecule has 2 aromatic rings. The number of hydrogen-bond acceptors (Lipinski definition) is 8. The van der Waals surface area contributed by atoms with Gasteiger partial charge >= 0.3 is 5.97 Å². The number of amides is 1. The number of nitriles is 1. The van der Waals surface area contributed by atoms with Crippen molar-refractivity contribution in [2.75, 3.05) is 43.1 Å². The average Bonchev–Trinajstić information content (AvgIpc) is 3.42. The van der Waals surface area contributed by atoms with E-state index in [0.717, 1.165) is 49.2 Å². The monoisotopic (exact) mass is 455 g/mol. The Bertz CT molecular complexity index is 1070. The number of furan rings is 1. The molecule has 0 bridgehead atoms. The van der Waals surface area contributed by atoms with E-state index in [1.165, 1.54) is 17.4 Å². The van der Waals surface area contributed by atoms with Crippen LogP contribution in [0.25, 0.3) is 6.08 Å². The molecule has 0 atom stereocenters. The number of aryl methyl sites for hydroxylation is 1. The second kappa shape index (κ2) is 10.0. The predicted octanol–water partition coefficient (Wildman–Crippen LogP) is 3.78. The van der Waals surface area contributed by atoms with E-state index in [1.807, 2.05) is 12.1 Å². The van der Waals surface area contributed by atoms with Crippen molar-refractivity contribution in [3.63, 3.8) is 0 Å². The number of nitrogens with one attached hydrogen (secondary N) is 1. The molecule has 32 heavy (non-hydrogen) atoms. The van der Waals surface area contributed by atoms with Gasteiger partial charge in [0.2, 0.25) is 0 Å². The predicted molar refractivity (Wildman–Crippen MR) is 121 cm³/mol. The molecule has 1 aliphatic heterocycles. The SMILES string of the molecule is CCOC(=O)c1c(NC(=O)/C(C#N)=C/c2ccc(N3CCOCC3)o2)sc2c1CCCC2. The van der Waals surface area contributed by atoms with Crippen LogP contribution >= 0.6 is 11.3 Å². The Morgan fingerprint density at radius 3 is 2.81 bits per heavy atom. The van der Waals surface area contributed by atoms with Crippen molar-refractivity contribution in [1.29, 1.82) is 5.26 Å². The van der Waals surface area contributed by atoms with Gasteiger partial charge in [-0.1, -0.05) is 0 Å². The molecule has 0 aromatic carbocycles. The zero-order valence-electron chi connectivity index (χ0n) is 17.9. The summed E-state index contributed by atoms with van der Waals surface area (Å²) in [7, 11) is 0. The highest BCUT2D eigenvalue weighted by molar-refractivity contribution is 7.17. The maximum Gasteiger partial charge on any atom is 0.341 e. The summed E-state index contributed by atoms with van der Waals surface area (Å²) in [6.45, 7) is 4.71. The molecule has 1 N–H and O–H groups in total. The molecule has 4 rings (SSSR count). The van der Waals surface area contributed by atoms with Gasteiger partial charge in [-0.3, -0.25) is 4.79 Å². The number of carbonyl (C=O) groups is 2. The number of rotatable bonds is 6. The lowest BCUT2D eigenvalue weighted by molar-refractivity contribution is -0.112. The van der Waals surface area contributed by atoms with Crippen molar-refractivity contribution in [2.24, 2.45) is 0 Å². The largest absolute Gasteiger partial charge is 0.462 e. The van der Waals surface area contributed by atoms with Gasteiger partial charge in [0.25, 0.3) is 5.91 Å². The number of carbonyl (C=O) groups excluding carboxylic acids is 2. The van der Waals surface area contributed by atoms with Crippen LogP contribution in [0, 0.1) is 11.3 Å². The summed E-state index contributed by atoms with van der Waals surface area (Å²) in [4.78, 5) is 28.6. The molecule has 8 nitrogen and oxygen atoms in total. The molecule has 0 unspecified atom stereocenters. The van der Waals surface area contributed by atoms with Crippen LogP contribution in [0.5, 0.6) is 0 Å². The summed E-state index contributed by atoms with van der Waals surface area (Å²) in [6.07, 6.45) is 5.12. The molecule has 168 valence electrons. The van der Waals surface area contributed by atoms with E-state index in [2.05, 4.69) is 10.2 Å².